The van der Waals surface area contributed by atoms with Crippen LogP contribution in [0.4, 0.5) is 8.78 Å². The van der Waals surface area contributed by atoms with Crippen LogP contribution < -0.4 is 0 Å². The number of ether oxygens (including phenoxy) is 1. The lowest BCUT2D eigenvalue weighted by atomic mass is 10.1. The molecule has 23 heavy (non-hydrogen) atoms. The minimum Gasteiger partial charge on any atom is -0.454 e. The Bertz CT molecular complexity index is 834. The van der Waals surface area contributed by atoms with E-state index in [9.17, 15) is 13.6 Å². The molecule has 3 aromatic rings. The number of hydrogen-bond donors (Lipinski definition) is 0. The summed E-state index contributed by atoms with van der Waals surface area (Å²) in [4.78, 5) is 15.6. The van der Waals surface area contributed by atoms with Crippen molar-refractivity contribution in [3.63, 3.8) is 0 Å². The van der Waals surface area contributed by atoms with E-state index in [4.69, 9.17) is 9.26 Å². The molecule has 0 aliphatic rings. The number of aromatic nitrogens is 2. The lowest BCUT2D eigenvalue weighted by molar-refractivity contribution is 0.0457. The summed E-state index contributed by atoms with van der Waals surface area (Å²) >= 11 is 0. The van der Waals surface area contributed by atoms with Crippen molar-refractivity contribution in [3.05, 3.63) is 71.7 Å². The second kappa shape index (κ2) is 6.35. The summed E-state index contributed by atoms with van der Waals surface area (Å²) in [7, 11) is 0. The Hall–Kier alpha value is -3.09. The molecule has 0 amide bonds. The lowest BCUT2D eigenvalue weighted by Gasteiger charge is -2.00. The Morgan fingerprint density at radius 1 is 1.17 bits per heavy atom. The molecule has 0 unspecified atom stereocenters. The van der Waals surface area contributed by atoms with Gasteiger partial charge in [0.25, 0.3) is 0 Å². The van der Waals surface area contributed by atoms with E-state index in [-0.39, 0.29) is 23.6 Å². The quantitative estimate of drug-likeness (QED) is 0.690. The second-order valence-corrected chi connectivity index (χ2v) is 4.60. The fourth-order valence-corrected chi connectivity index (χ4v) is 1.89. The van der Waals surface area contributed by atoms with Gasteiger partial charge in [-0.05, 0) is 24.3 Å². The monoisotopic (exact) mass is 316 g/mol. The molecule has 0 saturated heterocycles. The maximum Gasteiger partial charge on any atom is 0.357 e. The molecule has 0 bridgehead atoms. The normalized spacial score (nSPS) is 10.5. The predicted molar refractivity (Wildman–Crippen MR) is 75.2 cm³/mol. The zero-order valence-corrected chi connectivity index (χ0v) is 11.7. The van der Waals surface area contributed by atoms with E-state index >= 15 is 0 Å². The van der Waals surface area contributed by atoms with Crippen molar-refractivity contribution >= 4 is 5.97 Å². The highest BCUT2D eigenvalue weighted by Gasteiger charge is 2.14. The summed E-state index contributed by atoms with van der Waals surface area (Å²) in [5.74, 6) is -1.94. The first-order chi connectivity index (χ1) is 11.1. The number of hydrogen-bond acceptors (Lipinski definition) is 5. The van der Waals surface area contributed by atoms with Crippen molar-refractivity contribution in [1.82, 2.24) is 10.1 Å². The van der Waals surface area contributed by atoms with Crippen LogP contribution >= 0.6 is 0 Å². The van der Waals surface area contributed by atoms with Crippen molar-refractivity contribution in [1.29, 1.82) is 0 Å². The highest BCUT2D eigenvalue weighted by atomic mass is 19.1. The molecule has 0 spiro atoms. The number of esters is 1. The summed E-state index contributed by atoms with van der Waals surface area (Å²) in [6.45, 7) is -0.151. The van der Waals surface area contributed by atoms with Gasteiger partial charge in [-0.3, -0.25) is 0 Å². The number of nitrogens with zero attached hydrogens (tertiary/aromatic N) is 2. The smallest absolute Gasteiger partial charge is 0.357 e. The summed E-state index contributed by atoms with van der Waals surface area (Å²) < 4.78 is 36.6. The Balaban J connectivity index is 1.69. The number of halogens is 2. The fraction of sp³-hybridized carbons (Fsp3) is 0.0625. The van der Waals surface area contributed by atoms with E-state index in [0.717, 1.165) is 12.1 Å². The van der Waals surface area contributed by atoms with E-state index in [0.29, 0.717) is 5.69 Å². The van der Waals surface area contributed by atoms with Gasteiger partial charge >= 0.3 is 5.97 Å². The van der Waals surface area contributed by atoms with Crippen molar-refractivity contribution in [3.8, 4) is 11.3 Å². The van der Waals surface area contributed by atoms with Crippen molar-refractivity contribution in [2.24, 2.45) is 0 Å². The zero-order chi connectivity index (χ0) is 16.2. The van der Waals surface area contributed by atoms with Crippen LogP contribution in [0.2, 0.25) is 0 Å². The molecule has 0 fully saturated rings. The molecule has 116 valence electrons. The minimum atomic E-state index is -0.766. The Morgan fingerprint density at radius 3 is 2.78 bits per heavy atom. The van der Waals surface area contributed by atoms with E-state index < -0.39 is 17.6 Å². The minimum absolute atomic E-state index is 0.0706. The van der Waals surface area contributed by atoms with E-state index in [2.05, 4.69) is 10.1 Å². The Morgan fingerprint density at radius 2 is 2.04 bits per heavy atom. The second-order valence-electron chi connectivity index (χ2n) is 4.60. The van der Waals surface area contributed by atoms with Crippen molar-refractivity contribution in [2.45, 2.75) is 6.61 Å². The van der Waals surface area contributed by atoms with Crippen LogP contribution in [0.15, 0.2) is 53.2 Å². The lowest BCUT2D eigenvalue weighted by Crippen LogP contribution is -2.06. The van der Waals surface area contributed by atoms with Crippen LogP contribution in [0.25, 0.3) is 11.3 Å². The van der Waals surface area contributed by atoms with E-state index in [1.807, 2.05) is 0 Å². The molecule has 0 radical (unpaired) electrons. The molecule has 2 heterocycles. The molecule has 3 rings (SSSR count). The van der Waals surface area contributed by atoms with E-state index in [1.54, 1.807) is 12.1 Å². The SMILES string of the molecule is O=C(OCc1cc(-c2ccc(F)cc2F)on1)c1ccccn1. The third-order valence-electron chi connectivity index (χ3n) is 2.98. The summed E-state index contributed by atoms with van der Waals surface area (Å²) in [6.07, 6.45) is 1.47. The molecule has 0 N–H and O–H groups in total. The van der Waals surface area contributed by atoms with Gasteiger partial charge in [0.1, 0.15) is 29.6 Å². The first-order valence-electron chi connectivity index (χ1n) is 6.62. The molecule has 0 atom stereocenters. The molecule has 0 aliphatic heterocycles. The standard InChI is InChI=1S/C16H10F2N2O3/c17-10-4-5-12(13(18)7-10)15-8-11(20-23-15)9-22-16(21)14-3-1-2-6-19-14/h1-8H,9H2. The van der Waals surface area contributed by atoms with Gasteiger partial charge in [0.05, 0.1) is 5.56 Å². The van der Waals surface area contributed by atoms with Gasteiger partial charge in [-0.15, -0.1) is 0 Å². The van der Waals surface area contributed by atoms with Crippen LogP contribution in [-0.4, -0.2) is 16.1 Å². The molecule has 0 aliphatic carbocycles. The highest BCUT2D eigenvalue weighted by molar-refractivity contribution is 5.87. The van der Waals surface area contributed by atoms with E-state index in [1.165, 1.54) is 24.4 Å². The summed E-state index contributed by atoms with van der Waals surface area (Å²) in [5.41, 5.74) is 0.537. The van der Waals surface area contributed by atoms with Crippen LogP contribution in [0, 0.1) is 11.6 Å². The van der Waals surface area contributed by atoms with Gasteiger partial charge in [-0.1, -0.05) is 11.2 Å². The number of carbonyl (C=O) groups is 1. The molecule has 5 nitrogen and oxygen atoms in total. The van der Waals surface area contributed by atoms with Gasteiger partial charge < -0.3 is 9.26 Å². The Kier molecular flexibility index (Phi) is 4.09. The molecule has 2 aromatic heterocycles. The first kappa shape index (κ1) is 14.8. The fourth-order valence-electron chi connectivity index (χ4n) is 1.89. The third-order valence-corrected chi connectivity index (χ3v) is 2.98. The average Bonchev–Trinajstić information content (AvgIpc) is 3.02. The van der Waals surface area contributed by atoms with Crippen LogP contribution in [-0.2, 0) is 11.3 Å². The largest absolute Gasteiger partial charge is 0.454 e. The summed E-state index contributed by atoms with van der Waals surface area (Å²) in [5, 5.41) is 3.69. The molecule has 0 saturated carbocycles. The van der Waals surface area contributed by atoms with Gasteiger partial charge in [-0.25, -0.2) is 18.6 Å². The van der Waals surface area contributed by atoms with Gasteiger partial charge in [0.15, 0.2) is 5.76 Å². The number of benzene rings is 1. The zero-order valence-electron chi connectivity index (χ0n) is 11.7. The maximum absolute atomic E-state index is 13.7. The molecular weight excluding hydrogens is 306 g/mol. The van der Waals surface area contributed by atoms with Gasteiger partial charge in [0.2, 0.25) is 0 Å². The van der Waals surface area contributed by atoms with Gasteiger partial charge in [0, 0.05) is 18.3 Å². The molecule has 7 heteroatoms. The third kappa shape index (κ3) is 3.39. The topological polar surface area (TPSA) is 65.2 Å². The molecule has 1 aromatic carbocycles. The maximum atomic E-state index is 13.7. The number of pyridine rings is 1. The van der Waals surface area contributed by atoms with Crippen LogP contribution in [0.3, 0.4) is 0 Å². The predicted octanol–water partition coefficient (Wildman–Crippen LogP) is 3.37. The highest BCUT2D eigenvalue weighted by Crippen LogP contribution is 2.24. The van der Waals surface area contributed by atoms with Crippen LogP contribution in [0.5, 0.6) is 0 Å². The van der Waals surface area contributed by atoms with Gasteiger partial charge in [-0.2, -0.15) is 0 Å². The first-order valence-corrected chi connectivity index (χ1v) is 6.62. The number of rotatable bonds is 4. The van der Waals surface area contributed by atoms with Crippen LogP contribution in [0.1, 0.15) is 16.2 Å². The molecular formula is C16H10F2N2O3. The van der Waals surface area contributed by atoms with Crippen molar-refractivity contribution in [2.75, 3.05) is 0 Å². The summed E-state index contributed by atoms with van der Waals surface area (Å²) in [6, 6.07) is 9.38. The average molecular weight is 316 g/mol. The van der Waals surface area contributed by atoms with Crippen molar-refractivity contribution < 1.29 is 22.8 Å². The Labute approximate surface area is 129 Å². The number of carbonyl (C=O) groups excluding carboxylic acids is 1.